The van der Waals surface area contributed by atoms with Gasteiger partial charge in [-0.05, 0) is 11.4 Å². The summed E-state index contributed by atoms with van der Waals surface area (Å²) in [5, 5.41) is 3.78. The van der Waals surface area contributed by atoms with E-state index in [-0.39, 0.29) is 12.0 Å². The number of hydrogen-bond acceptors (Lipinski definition) is 4. The molecule has 2 heterocycles. The van der Waals surface area contributed by atoms with Gasteiger partial charge in [0.2, 0.25) is 0 Å². The van der Waals surface area contributed by atoms with Crippen LogP contribution in [0, 0.1) is 0 Å². The molecule has 1 amide bonds. The number of carbonyl (C=O) groups excluding carboxylic acids is 1. The Kier molecular flexibility index (Phi) is 3.35. The standard InChI is InChI=1S/C10H14N2O2S/c11-5-9-6-12(2-3-14-9)10(13)8-1-4-15-7-8/h1,4,7,9H,2-3,5-6,11H2. The highest BCUT2D eigenvalue weighted by Crippen LogP contribution is 2.12. The molecule has 1 atom stereocenters. The molecule has 0 bridgehead atoms. The maximum atomic E-state index is 12.0. The first-order valence-electron chi connectivity index (χ1n) is 4.94. The fourth-order valence-corrected chi connectivity index (χ4v) is 2.24. The summed E-state index contributed by atoms with van der Waals surface area (Å²) < 4.78 is 5.41. The first kappa shape index (κ1) is 10.6. The number of nitrogens with two attached hydrogens (primary N) is 1. The molecule has 5 heteroatoms. The van der Waals surface area contributed by atoms with E-state index in [0.717, 1.165) is 5.56 Å². The second-order valence-corrected chi connectivity index (χ2v) is 4.27. The van der Waals surface area contributed by atoms with Crippen LogP contribution in [0.2, 0.25) is 0 Å². The lowest BCUT2D eigenvalue weighted by Gasteiger charge is -2.32. The lowest BCUT2D eigenvalue weighted by molar-refractivity contribution is -0.0167. The molecule has 0 spiro atoms. The molecule has 1 aliphatic rings. The van der Waals surface area contributed by atoms with Crippen LogP contribution in [0.25, 0.3) is 0 Å². The van der Waals surface area contributed by atoms with E-state index in [1.54, 1.807) is 0 Å². The quantitative estimate of drug-likeness (QED) is 0.801. The van der Waals surface area contributed by atoms with Crippen molar-refractivity contribution in [3.8, 4) is 0 Å². The summed E-state index contributed by atoms with van der Waals surface area (Å²) in [5.74, 6) is 0.0815. The minimum atomic E-state index is -0.0127. The van der Waals surface area contributed by atoms with E-state index >= 15 is 0 Å². The number of carbonyl (C=O) groups is 1. The summed E-state index contributed by atoms with van der Waals surface area (Å²) in [4.78, 5) is 13.8. The maximum absolute atomic E-state index is 12.0. The Morgan fingerprint density at radius 2 is 2.60 bits per heavy atom. The van der Waals surface area contributed by atoms with Crippen LogP contribution in [0.3, 0.4) is 0 Å². The third-order valence-electron chi connectivity index (χ3n) is 2.46. The van der Waals surface area contributed by atoms with E-state index in [9.17, 15) is 4.79 Å². The summed E-state index contributed by atoms with van der Waals surface area (Å²) in [7, 11) is 0. The van der Waals surface area contributed by atoms with Crippen molar-refractivity contribution in [2.45, 2.75) is 6.10 Å². The average Bonchev–Trinajstić information content (AvgIpc) is 2.81. The fraction of sp³-hybridized carbons (Fsp3) is 0.500. The average molecular weight is 226 g/mol. The predicted octanol–water partition coefficient (Wildman–Crippen LogP) is 0.548. The molecule has 0 aliphatic carbocycles. The molecule has 1 aromatic heterocycles. The zero-order valence-corrected chi connectivity index (χ0v) is 9.20. The largest absolute Gasteiger partial charge is 0.373 e. The molecule has 1 aliphatic heterocycles. The normalized spacial score (nSPS) is 21.7. The van der Waals surface area contributed by atoms with Crippen LogP contribution in [-0.4, -0.2) is 43.2 Å². The van der Waals surface area contributed by atoms with Gasteiger partial charge >= 0.3 is 0 Å². The Morgan fingerprint density at radius 3 is 3.27 bits per heavy atom. The Hall–Kier alpha value is -0.910. The van der Waals surface area contributed by atoms with Gasteiger partial charge < -0.3 is 15.4 Å². The number of amides is 1. The Labute approximate surface area is 92.6 Å². The van der Waals surface area contributed by atoms with Crippen molar-refractivity contribution in [1.82, 2.24) is 4.90 Å². The number of nitrogens with zero attached hydrogens (tertiary/aromatic N) is 1. The van der Waals surface area contributed by atoms with Crippen LogP contribution in [0.1, 0.15) is 10.4 Å². The van der Waals surface area contributed by atoms with E-state index in [4.69, 9.17) is 10.5 Å². The van der Waals surface area contributed by atoms with Crippen LogP contribution in [0.5, 0.6) is 0 Å². The second-order valence-electron chi connectivity index (χ2n) is 3.49. The molecule has 1 aromatic rings. The smallest absolute Gasteiger partial charge is 0.254 e. The Bertz CT molecular complexity index is 326. The molecule has 2 N–H and O–H groups in total. The number of thiophene rings is 1. The topological polar surface area (TPSA) is 55.6 Å². The van der Waals surface area contributed by atoms with Crippen molar-refractivity contribution in [3.63, 3.8) is 0 Å². The van der Waals surface area contributed by atoms with Crippen LogP contribution >= 0.6 is 11.3 Å². The first-order chi connectivity index (χ1) is 7.31. The SMILES string of the molecule is NCC1CN(C(=O)c2ccsc2)CCO1. The predicted molar refractivity (Wildman–Crippen MR) is 59.0 cm³/mol. The lowest BCUT2D eigenvalue weighted by Crippen LogP contribution is -2.48. The molecule has 15 heavy (non-hydrogen) atoms. The van der Waals surface area contributed by atoms with E-state index in [0.29, 0.717) is 26.2 Å². The highest BCUT2D eigenvalue weighted by atomic mass is 32.1. The van der Waals surface area contributed by atoms with Gasteiger partial charge in [0.25, 0.3) is 5.91 Å². The van der Waals surface area contributed by atoms with E-state index in [2.05, 4.69) is 0 Å². The minimum absolute atomic E-state index is 0.0127. The first-order valence-corrected chi connectivity index (χ1v) is 5.88. The highest BCUT2D eigenvalue weighted by Gasteiger charge is 2.24. The highest BCUT2D eigenvalue weighted by molar-refractivity contribution is 7.08. The molecule has 0 saturated carbocycles. The van der Waals surface area contributed by atoms with Crippen LogP contribution in [-0.2, 0) is 4.74 Å². The molecule has 1 unspecified atom stereocenters. The molecule has 1 fully saturated rings. The van der Waals surface area contributed by atoms with Gasteiger partial charge in [-0.2, -0.15) is 11.3 Å². The molecular formula is C10H14N2O2S. The van der Waals surface area contributed by atoms with Crippen molar-refractivity contribution in [2.24, 2.45) is 5.73 Å². The van der Waals surface area contributed by atoms with E-state index < -0.39 is 0 Å². The van der Waals surface area contributed by atoms with Crippen molar-refractivity contribution >= 4 is 17.2 Å². The van der Waals surface area contributed by atoms with Gasteiger partial charge in [-0.1, -0.05) is 0 Å². The molecule has 2 rings (SSSR count). The summed E-state index contributed by atoms with van der Waals surface area (Å²) in [6.07, 6.45) is -0.0127. The van der Waals surface area contributed by atoms with Crippen molar-refractivity contribution in [1.29, 1.82) is 0 Å². The summed E-state index contributed by atoms with van der Waals surface area (Å²) in [6, 6.07) is 1.85. The second kappa shape index (κ2) is 4.74. The Balaban J connectivity index is 2.01. The third kappa shape index (κ3) is 2.37. The van der Waals surface area contributed by atoms with Crippen molar-refractivity contribution < 1.29 is 9.53 Å². The number of hydrogen-bond donors (Lipinski definition) is 1. The summed E-state index contributed by atoms with van der Waals surface area (Å²) >= 11 is 1.54. The molecule has 1 saturated heterocycles. The van der Waals surface area contributed by atoms with Crippen LogP contribution in [0.15, 0.2) is 16.8 Å². The van der Waals surface area contributed by atoms with E-state index in [1.807, 2.05) is 21.7 Å². The number of rotatable bonds is 2. The maximum Gasteiger partial charge on any atom is 0.254 e. The third-order valence-corrected chi connectivity index (χ3v) is 3.14. The van der Waals surface area contributed by atoms with Gasteiger partial charge in [-0.25, -0.2) is 0 Å². The fourth-order valence-electron chi connectivity index (χ4n) is 1.62. The van der Waals surface area contributed by atoms with Crippen LogP contribution in [0.4, 0.5) is 0 Å². The summed E-state index contributed by atoms with van der Waals surface area (Å²) in [6.45, 7) is 2.31. The molecule has 4 nitrogen and oxygen atoms in total. The molecular weight excluding hydrogens is 212 g/mol. The van der Waals surface area contributed by atoms with Crippen LogP contribution < -0.4 is 5.73 Å². The van der Waals surface area contributed by atoms with Gasteiger partial charge in [-0.15, -0.1) is 0 Å². The van der Waals surface area contributed by atoms with Gasteiger partial charge in [-0.3, -0.25) is 4.79 Å². The van der Waals surface area contributed by atoms with Gasteiger partial charge in [0.05, 0.1) is 18.3 Å². The van der Waals surface area contributed by atoms with Crippen molar-refractivity contribution in [2.75, 3.05) is 26.2 Å². The molecule has 82 valence electrons. The number of morpholine rings is 1. The Morgan fingerprint density at radius 1 is 1.73 bits per heavy atom. The van der Waals surface area contributed by atoms with Gasteiger partial charge in [0.15, 0.2) is 0 Å². The zero-order chi connectivity index (χ0) is 10.7. The van der Waals surface area contributed by atoms with Crippen molar-refractivity contribution in [3.05, 3.63) is 22.4 Å². The monoisotopic (exact) mass is 226 g/mol. The summed E-state index contributed by atoms with van der Waals surface area (Å²) in [5.41, 5.74) is 6.29. The zero-order valence-electron chi connectivity index (χ0n) is 8.39. The van der Waals surface area contributed by atoms with E-state index in [1.165, 1.54) is 11.3 Å². The van der Waals surface area contributed by atoms with Gasteiger partial charge in [0.1, 0.15) is 0 Å². The molecule has 0 radical (unpaired) electrons. The number of ether oxygens (including phenoxy) is 1. The molecule has 0 aromatic carbocycles. The minimum Gasteiger partial charge on any atom is -0.373 e. The lowest BCUT2D eigenvalue weighted by atomic mass is 10.2. The van der Waals surface area contributed by atoms with Gasteiger partial charge in [0, 0.05) is 25.0 Å².